The van der Waals surface area contributed by atoms with Crippen molar-refractivity contribution in [2.45, 2.75) is 19.8 Å². The Labute approximate surface area is 48.8 Å². The summed E-state index contributed by atoms with van der Waals surface area (Å²) in [6, 6.07) is 0. The SMILES string of the molecule is CC1CCC(=O)OC1. The Hall–Kier alpha value is -0.530. The molecule has 1 saturated heterocycles. The first-order valence-corrected chi connectivity index (χ1v) is 2.94. The first-order valence-electron chi connectivity index (χ1n) is 2.94. The summed E-state index contributed by atoms with van der Waals surface area (Å²) in [5.74, 6) is 0.538. The quantitative estimate of drug-likeness (QED) is 0.438. The van der Waals surface area contributed by atoms with Gasteiger partial charge in [0.25, 0.3) is 0 Å². The molecule has 0 aromatic rings. The number of ether oxygens (including phenoxy) is 1. The van der Waals surface area contributed by atoms with E-state index < -0.39 is 0 Å². The number of carbonyl (C=O) groups is 1. The number of esters is 1. The van der Waals surface area contributed by atoms with E-state index in [1.807, 2.05) is 0 Å². The van der Waals surface area contributed by atoms with Crippen molar-refractivity contribution < 1.29 is 9.53 Å². The zero-order chi connectivity index (χ0) is 5.98. The summed E-state index contributed by atoms with van der Waals surface area (Å²) in [5.41, 5.74) is 0. The molecule has 1 rings (SSSR count). The second-order valence-corrected chi connectivity index (χ2v) is 2.33. The first-order chi connectivity index (χ1) is 3.79. The molecule has 1 aliphatic rings. The highest BCUT2D eigenvalue weighted by atomic mass is 16.5. The van der Waals surface area contributed by atoms with Crippen LogP contribution in [0, 0.1) is 5.92 Å². The molecule has 0 aromatic carbocycles. The summed E-state index contributed by atoms with van der Waals surface area (Å²) in [4.78, 5) is 10.4. The summed E-state index contributed by atoms with van der Waals surface area (Å²) in [5, 5.41) is 0. The number of hydrogen-bond acceptors (Lipinski definition) is 2. The topological polar surface area (TPSA) is 26.3 Å². The lowest BCUT2D eigenvalue weighted by atomic mass is 10.1. The van der Waals surface area contributed by atoms with Gasteiger partial charge in [0.1, 0.15) is 0 Å². The Morgan fingerprint density at radius 3 is 2.88 bits per heavy atom. The third-order valence-electron chi connectivity index (χ3n) is 1.37. The molecule has 8 heavy (non-hydrogen) atoms. The molecule has 2 nitrogen and oxygen atoms in total. The smallest absolute Gasteiger partial charge is 0.305 e. The number of cyclic esters (lactones) is 1. The maximum absolute atomic E-state index is 10.4. The monoisotopic (exact) mass is 114 g/mol. The molecule has 0 N–H and O–H groups in total. The van der Waals surface area contributed by atoms with E-state index in [1.165, 1.54) is 0 Å². The van der Waals surface area contributed by atoms with Crippen LogP contribution in [0.3, 0.4) is 0 Å². The zero-order valence-corrected chi connectivity index (χ0v) is 5.02. The summed E-state index contributed by atoms with van der Waals surface area (Å²) < 4.78 is 4.75. The molecule has 1 atom stereocenters. The fourth-order valence-corrected chi connectivity index (χ4v) is 0.755. The normalized spacial score (nSPS) is 29.6. The molecule has 1 unspecified atom stereocenters. The minimum absolute atomic E-state index is 0.0388. The molecule has 1 heterocycles. The van der Waals surface area contributed by atoms with Gasteiger partial charge >= 0.3 is 5.97 Å². The molecule has 0 saturated carbocycles. The van der Waals surface area contributed by atoms with E-state index in [0.29, 0.717) is 18.9 Å². The molecular formula is C6H10O2. The van der Waals surface area contributed by atoms with E-state index in [1.54, 1.807) is 0 Å². The molecule has 0 aromatic heterocycles. The lowest BCUT2D eigenvalue weighted by Crippen LogP contribution is -2.18. The van der Waals surface area contributed by atoms with Gasteiger partial charge in [-0.25, -0.2) is 0 Å². The maximum atomic E-state index is 10.4. The third-order valence-corrected chi connectivity index (χ3v) is 1.37. The van der Waals surface area contributed by atoms with Crippen LogP contribution in [0.4, 0.5) is 0 Å². The fourth-order valence-electron chi connectivity index (χ4n) is 0.755. The molecule has 0 aliphatic carbocycles. The lowest BCUT2D eigenvalue weighted by molar-refractivity contribution is -0.149. The molecule has 0 amide bonds. The standard InChI is InChI=1S/C6H10O2/c1-5-2-3-6(7)8-4-5/h5H,2-4H2,1H3. The molecule has 0 bridgehead atoms. The molecule has 1 fully saturated rings. The van der Waals surface area contributed by atoms with Crippen molar-refractivity contribution in [2.75, 3.05) is 6.61 Å². The summed E-state index contributed by atoms with van der Waals surface area (Å²) in [6.45, 7) is 2.71. The van der Waals surface area contributed by atoms with E-state index in [9.17, 15) is 4.79 Å². The van der Waals surface area contributed by atoms with E-state index in [4.69, 9.17) is 4.74 Å². The van der Waals surface area contributed by atoms with Crippen LogP contribution in [0.5, 0.6) is 0 Å². The van der Waals surface area contributed by atoms with Crippen molar-refractivity contribution in [1.82, 2.24) is 0 Å². The van der Waals surface area contributed by atoms with Crippen molar-refractivity contribution in [3.63, 3.8) is 0 Å². The predicted octanol–water partition coefficient (Wildman–Crippen LogP) is 0.960. The average molecular weight is 114 g/mol. The van der Waals surface area contributed by atoms with Crippen molar-refractivity contribution in [2.24, 2.45) is 5.92 Å². The molecule has 2 heteroatoms. The zero-order valence-electron chi connectivity index (χ0n) is 5.02. The maximum Gasteiger partial charge on any atom is 0.305 e. The number of hydrogen-bond donors (Lipinski definition) is 0. The Morgan fingerprint density at radius 2 is 2.50 bits per heavy atom. The van der Waals surface area contributed by atoms with Crippen LogP contribution in [0.15, 0.2) is 0 Å². The molecular weight excluding hydrogens is 104 g/mol. The van der Waals surface area contributed by atoms with Crippen LogP contribution in [0.1, 0.15) is 19.8 Å². The Balaban J connectivity index is 2.29. The van der Waals surface area contributed by atoms with Gasteiger partial charge in [0.2, 0.25) is 0 Å². The molecule has 0 radical (unpaired) electrons. The van der Waals surface area contributed by atoms with Crippen molar-refractivity contribution >= 4 is 5.97 Å². The van der Waals surface area contributed by atoms with Crippen LogP contribution in [0.25, 0.3) is 0 Å². The Bertz CT molecular complexity index is 88.7. The lowest BCUT2D eigenvalue weighted by Gasteiger charge is -2.16. The fraction of sp³-hybridized carbons (Fsp3) is 0.833. The summed E-state index contributed by atoms with van der Waals surface area (Å²) in [6.07, 6.45) is 1.61. The number of carbonyl (C=O) groups excluding carboxylic acids is 1. The van der Waals surface area contributed by atoms with Gasteiger partial charge in [-0.1, -0.05) is 6.92 Å². The van der Waals surface area contributed by atoms with Gasteiger partial charge in [-0.05, 0) is 12.3 Å². The van der Waals surface area contributed by atoms with Crippen molar-refractivity contribution in [3.05, 3.63) is 0 Å². The van der Waals surface area contributed by atoms with Gasteiger partial charge in [-0.2, -0.15) is 0 Å². The second kappa shape index (κ2) is 2.16. The van der Waals surface area contributed by atoms with Gasteiger partial charge in [-0.3, -0.25) is 4.79 Å². The predicted molar refractivity (Wildman–Crippen MR) is 29.4 cm³/mol. The van der Waals surface area contributed by atoms with Gasteiger partial charge < -0.3 is 4.74 Å². The highest BCUT2D eigenvalue weighted by Crippen LogP contribution is 2.12. The van der Waals surface area contributed by atoms with Gasteiger partial charge in [0, 0.05) is 6.42 Å². The van der Waals surface area contributed by atoms with Gasteiger partial charge in [0.05, 0.1) is 6.61 Å². The van der Waals surface area contributed by atoms with E-state index >= 15 is 0 Å². The Kier molecular flexibility index (Phi) is 1.51. The third kappa shape index (κ3) is 1.22. The molecule has 0 spiro atoms. The first kappa shape index (κ1) is 5.60. The Morgan fingerprint density at radius 1 is 1.75 bits per heavy atom. The van der Waals surface area contributed by atoms with Crippen LogP contribution in [0.2, 0.25) is 0 Å². The largest absolute Gasteiger partial charge is 0.465 e. The van der Waals surface area contributed by atoms with E-state index in [2.05, 4.69) is 6.92 Å². The van der Waals surface area contributed by atoms with Crippen LogP contribution < -0.4 is 0 Å². The minimum atomic E-state index is -0.0388. The molecule has 1 aliphatic heterocycles. The van der Waals surface area contributed by atoms with Crippen LogP contribution in [-0.2, 0) is 9.53 Å². The summed E-state index contributed by atoms with van der Waals surface area (Å²) >= 11 is 0. The van der Waals surface area contributed by atoms with Crippen molar-refractivity contribution in [3.8, 4) is 0 Å². The van der Waals surface area contributed by atoms with Crippen LogP contribution >= 0.6 is 0 Å². The highest BCUT2D eigenvalue weighted by Gasteiger charge is 2.14. The average Bonchev–Trinajstić information content (AvgIpc) is 1.77. The van der Waals surface area contributed by atoms with Crippen molar-refractivity contribution in [1.29, 1.82) is 0 Å². The van der Waals surface area contributed by atoms with Gasteiger partial charge in [0.15, 0.2) is 0 Å². The second-order valence-electron chi connectivity index (χ2n) is 2.33. The minimum Gasteiger partial charge on any atom is -0.465 e. The van der Waals surface area contributed by atoms with E-state index in [-0.39, 0.29) is 5.97 Å². The van der Waals surface area contributed by atoms with Gasteiger partial charge in [-0.15, -0.1) is 0 Å². The van der Waals surface area contributed by atoms with Crippen LogP contribution in [-0.4, -0.2) is 12.6 Å². The highest BCUT2D eigenvalue weighted by molar-refractivity contribution is 5.69. The molecule has 46 valence electrons. The summed E-state index contributed by atoms with van der Waals surface area (Å²) in [7, 11) is 0. The van der Waals surface area contributed by atoms with E-state index in [0.717, 1.165) is 6.42 Å². The number of rotatable bonds is 0.